The lowest BCUT2D eigenvalue weighted by molar-refractivity contribution is 0.0603. The summed E-state index contributed by atoms with van der Waals surface area (Å²) in [5, 5.41) is 0.247. The second-order valence-electron chi connectivity index (χ2n) is 5.51. The van der Waals surface area contributed by atoms with Crippen LogP contribution in [0.25, 0.3) is 11.1 Å². The van der Waals surface area contributed by atoms with Gasteiger partial charge in [0.15, 0.2) is 0 Å². The number of aryl methyl sites for hydroxylation is 1. The van der Waals surface area contributed by atoms with E-state index in [4.69, 9.17) is 4.74 Å². The van der Waals surface area contributed by atoms with Crippen LogP contribution in [-0.4, -0.2) is 21.5 Å². The van der Waals surface area contributed by atoms with Gasteiger partial charge in [-0.15, -0.1) is 11.3 Å². The molecule has 0 aliphatic carbocycles. The van der Waals surface area contributed by atoms with Crippen molar-refractivity contribution in [3.63, 3.8) is 0 Å². The highest BCUT2D eigenvalue weighted by atomic mass is 32.2. The number of anilines is 1. The van der Waals surface area contributed by atoms with Crippen LogP contribution in [-0.2, 0) is 14.8 Å². The molecule has 0 saturated heterocycles. The zero-order chi connectivity index (χ0) is 18.7. The summed E-state index contributed by atoms with van der Waals surface area (Å²) < 4.78 is 32.8. The van der Waals surface area contributed by atoms with Gasteiger partial charge < -0.3 is 4.74 Å². The van der Waals surface area contributed by atoms with Gasteiger partial charge in [0.25, 0.3) is 10.0 Å². The van der Waals surface area contributed by atoms with Crippen molar-refractivity contribution >= 4 is 32.3 Å². The van der Waals surface area contributed by atoms with Gasteiger partial charge in [0, 0.05) is 10.4 Å². The highest BCUT2D eigenvalue weighted by Gasteiger charge is 2.27. The number of nitrogens with one attached hydrogen (secondary N) is 1. The number of hydrogen-bond donors (Lipinski definition) is 1. The molecule has 3 rings (SSSR count). The molecule has 3 aromatic rings. The predicted octanol–water partition coefficient (Wildman–Crippen LogP) is 4.31. The minimum absolute atomic E-state index is 0.128. The third-order valence-electron chi connectivity index (χ3n) is 3.82. The number of benzene rings is 2. The molecule has 26 heavy (non-hydrogen) atoms. The highest BCUT2D eigenvalue weighted by molar-refractivity contribution is 7.93. The van der Waals surface area contributed by atoms with Gasteiger partial charge >= 0.3 is 5.97 Å². The molecule has 0 bridgehead atoms. The summed E-state index contributed by atoms with van der Waals surface area (Å²) in [5.74, 6) is -0.584. The van der Waals surface area contributed by atoms with Crippen molar-refractivity contribution in [3.05, 3.63) is 71.1 Å². The average Bonchev–Trinajstić information content (AvgIpc) is 2.97. The number of esters is 1. The molecule has 2 aromatic carbocycles. The molecular formula is C19H17NO4S2. The normalized spacial score (nSPS) is 11.2. The van der Waals surface area contributed by atoms with Gasteiger partial charge in [0.05, 0.1) is 12.0 Å². The van der Waals surface area contributed by atoms with Gasteiger partial charge in [-0.3, -0.25) is 4.72 Å². The Morgan fingerprint density at radius 1 is 1.00 bits per heavy atom. The van der Waals surface area contributed by atoms with Crippen molar-refractivity contribution in [2.75, 3.05) is 11.8 Å². The number of thiophene rings is 1. The van der Waals surface area contributed by atoms with Crippen molar-refractivity contribution in [1.29, 1.82) is 0 Å². The fraction of sp³-hybridized carbons (Fsp3) is 0.105. The van der Waals surface area contributed by atoms with Crippen LogP contribution >= 0.6 is 11.3 Å². The third kappa shape index (κ3) is 3.49. The molecule has 134 valence electrons. The standard InChI is InChI=1S/C19H17NO4S2/c1-13-16(14-9-5-3-6-10-14)17(19(21)24-2)18(25-13)20-26(22,23)15-11-7-4-8-12-15/h3-12,20H,1-2H3. The number of rotatable bonds is 5. The van der Waals surface area contributed by atoms with Gasteiger partial charge in [0.2, 0.25) is 0 Å². The lowest BCUT2D eigenvalue weighted by atomic mass is 10.0. The quantitative estimate of drug-likeness (QED) is 0.662. The first-order chi connectivity index (χ1) is 12.4. The van der Waals surface area contributed by atoms with E-state index in [0.717, 1.165) is 10.4 Å². The van der Waals surface area contributed by atoms with Crippen LogP contribution < -0.4 is 4.72 Å². The zero-order valence-corrected chi connectivity index (χ0v) is 15.9. The molecule has 7 heteroatoms. The second kappa shape index (κ2) is 7.31. The Hall–Kier alpha value is -2.64. The number of methoxy groups -OCH3 is 1. The van der Waals surface area contributed by atoms with E-state index in [1.165, 1.54) is 30.6 Å². The zero-order valence-electron chi connectivity index (χ0n) is 14.2. The first kappa shape index (κ1) is 18.2. The van der Waals surface area contributed by atoms with Crippen molar-refractivity contribution in [2.45, 2.75) is 11.8 Å². The number of ether oxygens (including phenoxy) is 1. The summed E-state index contributed by atoms with van der Waals surface area (Å²) in [6, 6.07) is 17.4. The Morgan fingerprint density at radius 3 is 2.15 bits per heavy atom. The first-order valence-corrected chi connectivity index (χ1v) is 10.1. The van der Waals surface area contributed by atoms with Crippen molar-refractivity contribution < 1.29 is 17.9 Å². The van der Waals surface area contributed by atoms with Crippen molar-refractivity contribution in [1.82, 2.24) is 0 Å². The summed E-state index contributed by atoms with van der Waals surface area (Å²) >= 11 is 1.21. The van der Waals surface area contributed by atoms with Gasteiger partial charge in [-0.25, -0.2) is 13.2 Å². The molecule has 0 fully saturated rings. The lowest BCUT2D eigenvalue weighted by Crippen LogP contribution is -2.14. The average molecular weight is 387 g/mol. The van der Waals surface area contributed by atoms with Crippen molar-refractivity contribution in [2.24, 2.45) is 0 Å². The largest absolute Gasteiger partial charge is 0.465 e. The third-order valence-corrected chi connectivity index (χ3v) is 6.33. The maximum absolute atomic E-state index is 12.7. The Kier molecular flexibility index (Phi) is 5.11. The summed E-state index contributed by atoms with van der Waals surface area (Å²) in [5.41, 5.74) is 1.72. The Labute approximate surface area is 156 Å². The van der Waals surface area contributed by atoms with E-state index in [1.54, 1.807) is 18.2 Å². The molecule has 0 unspecified atom stereocenters. The predicted molar refractivity (Wildman–Crippen MR) is 103 cm³/mol. The van der Waals surface area contributed by atoms with Crippen LogP contribution in [0.15, 0.2) is 65.6 Å². The molecule has 0 atom stereocenters. The van der Waals surface area contributed by atoms with Gasteiger partial charge in [-0.05, 0) is 24.6 Å². The monoisotopic (exact) mass is 387 g/mol. The van der Waals surface area contributed by atoms with Crippen LogP contribution in [0.1, 0.15) is 15.2 Å². The van der Waals surface area contributed by atoms with Gasteiger partial charge in [-0.2, -0.15) is 0 Å². The summed E-state index contributed by atoms with van der Waals surface area (Å²) in [6.07, 6.45) is 0. The van der Waals surface area contributed by atoms with E-state index in [2.05, 4.69) is 4.72 Å². The molecule has 0 aliphatic rings. The molecule has 0 saturated carbocycles. The summed E-state index contributed by atoms with van der Waals surface area (Å²) in [6.45, 7) is 1.85. The highest BCUT2D eigenvalue weighted by Crippen LogP contribution is 2.41. The number of hydrogen-bond acceptors (Lipinski definition) is 5. The number of sulfonamides is 1. The summed E-state index contributed by atoms with van der Waals surface area (Å²) in [4.78, 5) is 13.4. The lowest BCUT2D eigenvalue weighted by Gasteiger charge is -2.09. The minimum Gasteiger partial charge on any atom is -0.465 e. The Bertz CT molecular complexity index is 1030. The van der Waals surface area contributed by atoms with Crippen LogP contribution in [0.5, 0.6) is 0 Å². The van der Waals surface area contributed by atoms with Crippen LogP contribution in [0, 0.1) is 6.92 Å². The minimum atomic E-state index is -3.81. The smallest absolute Gasteiger partial charge is 0.341 e. The van der Waals surface area contributed by atoms with Crippen molar-refractivity contribution in [3.8, 4) is 11.1 Å². The van der Waals surface area contributed by atoms with Crippen LogP contribution in [0.2, 0.25) is 0 Å². The van der Waals surface area contributed by atoms with E-state index in [9.17, 15) is 13.2 Å². The topological polar surface area (TPSA) is 72.5 Å². The van der Waals surface area contributed by atoms with Crippen LogP contribution in [0.3, 0.4) is 0 Å². The molecule has 0 spiro atoms. The Balaban J connectivity index is 2.13. The molecule has 1 aromatic heterocycles. The fourth-order valence-electron chi connectivity index (χ4n) is 2.65. The van der Waals surface area contributed by atoms with E-state index in [1.807, 2.05) is 37.3 Å². The van der Waals surface area contributed by atoms with E-state index >= 15 is 0 Å². The number of carbonyl (C=O) groups excluding carboxylic acids is 1. The summed E-state index contributed by atoms with van der Waals surface area (Å²) in [7, 11) is -2.53. The molecule has 0 radical (unpaired) electrons. The molecular weight excluding hydrogens is 370 g/mol. The molecule has 1 N–H and O–H groups in total. The maximum atomic E-state index is 12.7. The first-order valence-electron chi connectivity index (χ1n) is 7.79. The molecule has 0 aliphatic heterocycles. The molecule has 5 nitrogen and oxygen atoms in total. The number of carbonyl (C=O) groups is 1. The van der Waals surface area contributed by atoms with Crippen LogP contribution in [0.4, 0.5) is 5.00 Å². The molecule has 1 heterocycles. The SMILES string of the molecule is COC(=O)c1c(NS(=O)(=O)c2ccccc2)sc(C)c1-c1ccccc1. The Morgan fingerprint density at radius 2 is 1.58 bits per heavy atom. The van der Waals surface area contributed by atoms with Gasteiger partial charge in [-0.1, -0.05) is 48.5 Å². The van der Waals surface area contributed by atoms with E-state index in [-0.39, 0.29) is 15.5 Å². The fourth-order valence-corrected chi connectivity index (χ4v) is 5.04. The second-order valence-corrected chi connectivity index (χ2v) is 8.42. The van der Waals surface area contributed by atoms with E-state index in [0.29, 0.717) is 5.56 Å². The maximum Gasteiger partial charge on any atom is 0.341 e. The van der Waals surface area contributed by atoms with Gasteiger partial charge in [0.1, 0.15) is 10.6 Å². The van der Waals surface area contributed by atoms with E-state index < -0.39 is 16.0 Å². The molecule has 0 amide bonds.